The molecule has 0 radical (unpaired) electrons. The van der Waals surface area contributed by atoms with E-state index in [9.17, 15) is 18.9 Å². The molecule has 0 saturated carbocycles. The average molecular weight is 266 g/mol. The van der Waals surface area contributed by atoms with Crippen LogP contribution in [0.15, 0.2) is 16.6 Å². The van der Waals surface area contributed by atoms with Gasteiger partial charge in [-0.15, -0.1) is 0 Å². The number of hydrogen-bond acceptors (Lipinski definition) is 2. The first-order chi connectivity index (χ1) is 6.43. The van der Waals surface area contributed by atoms with Gasteiger partial charge in [0.05, 0.1) is 15.0 Å². The highest BCUT2D eigenvalue weighted by Gasteiger charge is 2.24. The third-order valence-electron chi connectivity index (χ3n) is 1.65. The maximum Gasteiger partial charge on any atom is 0.292 e. The van der Waals surface area contributed by atoms with Crippen LogP contribution in [0.1, 0.15) is 17.6 Å². The van der Waals surface area contributed by atoms with Gasteiger partial charge in [-0.1, -0.05) is 0 Å². The van der Waals surface area contributed by atoms with Crippen LogP contribution in [0.25, 0.3) is 0 Å². The van der Waals surface area contributed by atoms with E-state index in [1.165, 1.54) is 6.07 Å². The van der Waals surface area contributed by atoms with Gasteiger partial charge >= 0.3 is 0 Å². The lowest BCUT2D eigenvalue weighted by molar-refractivity contribution is -0.387. The minimum atomic E-state index is -2.84. The average Bonchev–Trinajstić information content (AvgIpc) is 2.01. The Kier molecular flexibility index (Phi) is 3.15. The zero-order chi connectivity index (χ0) is 10.9. The molecule has 0 bridgehead atoms. The Morgan fingerprint density at radius 2 is 2.07 bits per heavy atom. The quantitative estimate of drug-likeness (QED) is 0.606. The van der Waals surface area contributed by atoms with Gasteiger partial charge in [0.1, 0.15) is 0 Å². The molecule has 0 N–H and O–H groups in total. The highest BCUT2D eigenvalue weighted by atomic mass is 79.9. The van der Waals surface area contributed by atoms with Crippen molar-refractivity contribution in [2.24, 2.45) is 0 Å². The second-order valence-electron chi connectivity index (χ2n) is 2.74. The molecule has 0 spiro atoms. The van der Waals surface area contributed by atoms with E-state index in [0.717, 1.165) is 6.07 Å². The number of hydrogen-bond donors (Lipinski definition) is 0. The summed E-state index contributed by atoms with van der Waals surface area (Å²) < 4.78 is 24.9. The van der Waals surface area contributed by atoms with Crippen molar-refractivity contribution in [3.05, 3.63) is 37.8 Å². The van der Waals surface area contributed by atoms with Crippen molar-refractivity contribution in [1.29, 1.82) is 0 Å². The summed E-state index contributed by atoms with van der Waals surface area (Å²) in [5.41, 5.74) is -0.565. The summed E-state index contributed by atoms with van der Waals surface area (Å²) in [5, 5.41) is 10.5. The van der Waals surface area contributed by atoms with Crippen molar-refractivity contribution < 1.29 is 13.7 Å². The third kappa shape index (κ3) is 2.06. The van der Waals surface area contributed by atoms with E-state index in [2.05, 4.69) is 15.9 Å². The van der Waals surface area contributed by atoms with Gasteiger partial charge in [-0.2, -0.15) is 0 Å². The Morgan fingerprint density at radius 1 is 1.50 bits per heavy atom. The van der Waals surface area contributed by atoms with E-state index >= 15 is 0 Å². The molecule has 0 heterocycles. The maximum atomic E-state index is 12.4. The van der Waals surface area contributed by atoms with Gasteiger partial charge in [-0.3, -0.25) is 10.1 Å². The van der Waals surface area contributed by atoms with E-state index < -0.39 is 22.6 Å². The molecule has 0 unspecified atom stereocenters. The molecule has 3 nitrogen and oxygen atoms in total. The zero-order valence-corrected chi connectivity index (χ0v) is 8.72. The first-order valence-electron chi connectivity index (χ1n) is 3.66. The van der Waals surface area contributed by atoms with Crippen molar-refractivity contribution in [2.75, 3.05) is 0 Å². The fourth-order valence-electron chi connectivity index (χ4n) is 1.12. The first kappa shape index (κ1) is 11.0. The Bertz CT molecular complexity index is 382. The molecule has 0 saturated heterocycles. The molecule has 76 valence electrons. The minimum Gasteiger partial charge on any atom is -0.258 e. The van der Waals surface area contributed by atoms with Crippen LogP contribution in [0.5, 0.6) is 0 Å². The van der Waals surface area contributed by atoms with Gasteiger partial charge in [-0.25, -0.2) is 8.78 Å². The second-order valence-corrected chi connectivity index (χ2v) is 3.60. The van der Waals surface area contributed by atoms with E-state index in [4.69, 9.17) is 0 Å². The number of halogens is 3. The molecule has 0 atom stereocenters. The van der Waals surface area contributed by atoms with Crippen molar-refractivity contribution in [3.63, 3.8) is 0 Å². The van der Waals surface area contributed by atoms with Crippen LogP contribution in [-0.4, -0.2) is 4.92 Å². The first-order valence-corrected chi connectivity index (χ1v) is 4.45. The third-order valence-corrected chi connectivity index (χ3v) is 2.26. The smallest absolute Gasteiger partial charge is 0.258 e. The lowest BCUT2D eigenvalue weighted by Gasteiger charge is -2.04. The standard InChI is InChI=1S/C8H6BrF2NO2/c1-4-2-5(8(10)11)7(12(13)14)6(9)3-4/h2-3,8H,1H3. The summed E-state index contributed by atoms with van der Waals surface area (Å²) in [6.07, 6.45) is -2.84. The molecule has 1 aromatic rings. The predicted molar refractivity (Wildman–Crippen MR) is 50.5 cm³/mol. The molecular formula is C8H6BrF2NO2. The molecule has 0 aliphatic carbocycles. The van der Waals surface area contributed by atoms with Crippen LogP contribution in [0.2, 0.25) is 0 Å². The number of benzene rings is 1. The van der Waals surface area contributed by atoms with Gasteiger partial charge in [0.25, 0.3) is 12.1 Å². The summed E-state index contributed by atoms with van der Waals surface area (Å²) in [4.78, 5) is 9.69. The van der Waals surface area contributed by atoms with Crippen LogP contribution < -0.4 is 0 Å². The SMILES string of the molecule is Cc1cc(Br)c([N+](=O)[O-])c(C(F)F)c1. The Balaban J connectivity index is 3.44. The van der Waals surface area contributed by atoms with Gasteiger partial charge < -0.3 is 0 Å². The lowest BCUT2D eigenvalue weighted by Crippen LogP contribution is -1.98. The van der Waals surface area contributed by atoms with Gasteiger partial charge in [0.2, 0.25) is 0 Å². The van der Waals surface area contributed by atoms with Gasteiger partial charge in [0, 0.05) is 0 Å². The van der Waals surface area contributed by atoms with Crippen LogP contribution in [0, 0.1) is 17.0 Å². The highest BCUT2D eigenvalue weighted by Crippen LogP contribution is 2.35. The minimum absolute atomic E-state index is 0.0813. The molecule has 0 aliphatic rings. The molecule has 1 aromatic carbocycles. The topological polar surface area (TPSA) is 43.1 Å². The van der Waals surface area contributed by atoms with E-state index in [1.54, 1.807) is 6.92 Å². The van der Waals surface area contributed by atoms with E-state index in [1.807, 2.05) is 0 Å². The predicted octanol–water partition coefficient (Wildman–Crippen LogP) is 3.60. The molecule has 1 rings (SSSR count). The molecule has 0 fully saturated rings. The second kappa shape index (κ2) is 4.00. The number of rotatable bonds is 2. The normalized spacial score (nSPS) is 10.6. The molecule has 6 heteroatoms. The maximum absolute atomic E-state index is 12.4. The number of nitro groups is 1. The number of nitro benzene ring substituents is 1. The Labute approximate surface area is 87.0 Å². The van der Waals surface area contributed by atoms with Crippen molar-refractivity contribution in [1.82, 2.24) is 0 Å². The van der Waals surface area contributed by atoms with Crippen molar-refractivity contribution in [3.8, 4) is 0 Å². The zero-order valence-electron chi connectivity index (χ0n) is 7.13. The summed E-state index contributed by atoms with van der Waals surface area (Å²) in [6, 6.07) is 2.55. The highest BCUT2D eigenvalue weighted by molar-refractivity contribution is 9.10. The van der Waals surface area contributed by atoms with Crippen LogP contribution in [0.3, 0.4) is 0 Å². The fourth-order valence-corrected chi connectivity index (χ4v) is 1.86. The Hall–Kier alpha value is -1.04. The van der Waals surface area contributed by atoms with Crippen molar-refractivity contribution >= 4 is 21.6 Å². The summed E-state index contributed by atoms with van der Waals surface area (Å²) in [6.45, 7) is 1.60. The fraction of sp³-hybridized carbons (Fsp3) is 0.250. The monoisotopic (exact) mass is 265 g/mol. The van der Waals surface area contributed by atoms with Gasteiger partial charge in [0.15, 0.2) is 0 Å². The number of nitrogens with zero attached hydrogens (tertiary/aromatic N) is 1. The number of aryl methyl sites for hydroxylation is 1. The molecule has 0 amide bonds. The Morgan fingerprint density at radius 3 is 2.50 bits per heavy atom. The van der Waals surface area contributed by atoms with Gasteiger partial charge in [-0.05, 0) is 40.5 Å². The summed E-state index contributed by atoms with van der Waals surface area (Å²) in [7, 11) is 0. The molecule has 14 heavy (non-hydrogen) atoms. The summed E-state index contributed by atoms with van der Waals surface area (Å²) >= 11 is 2.89. The number of alkyl halides is 2. The molecule has 0 aliphatic heterocycles. The van der Waals surface area contributed by atoms with Crippen LogP contribution >= 0.6 is 15.9 Å². The summed E-state index contributed by atoms with van der Waals surface area (Å²) in [5.74, 6) is 0. The van der Waals surface area contributed by atoms with E-state index in [-0.39, 0.29) is 4.47 Å². The largest absolute Gasteiger partial charge is 0.292 e. The van der Waals surface area contributed by atoms with Crippen molar-refractivity contribution in [2.45, 2.75) is 13.3 Å². The van der Waals surface area contributed by atoms with Crippen LogP contribution in [-0.2, 0) is 0 Å². The molecule has 0 aromatic heterocycles. The lowest BCUT2D eigenvalue weighted by atomic mass is 10.1. The van der Waals surface area contributed by atoms with E-state index in [0.29, 0.717) is 5.56 Å². The van der Waals surface area contributed by atoms with Crippen LogP contribution in [0.4, 0.5) is 14.5 Å². The molecular weight excluding hydrogens is 260 g/mol.